The number of aryl methyl sites for hydroxylation is 1. The van der Waals surface area contributed by atoms with Crippen molar-refractivity contribution in [3.8, 4) is 33.4 Å². The molecule has 0 aliphatic rings. The second-order valence-corrected chi connectivity index (χ2v) is 11.8. The van der Waals surface area contributed by atoms with Crippen LogP contribution in [0.4, 0.5) is 0 Å². The maximum absolute atomic E-state index is 6.82. The Morgan fingerprint density at radius 2 is 0.773 bits per heavy atom. The zero-order valence-electron chi connectivity index (χ0n) is 24.3. The average Bonchev–Trinajstić information content (AvgIpc) is 3.48. The molecule has 0 atom stereocenters. The lowest BCUT2D eigenvalue weighted by molar-refractivity contribution is 0.667. The smallest absolute Gasteiger partial charge is 0.143 e. The first-order valence-electron chi connectivity index (χ1n) is 15.2. The van der Waals surface area contributed by atoms with E-state index in [1.165, 1.54) is 54.6 Å². The first kappa shape index (κ1) is 24.9. The van der Waals surface area contributed by atoms with Crippen LogP contribution in [0.25, 0.3) is 87.6 Å². The lowest BCUT2D eigenvalue weighted by Crippen LogP contribution is -1.87. The monoisotopic (exact) mass is 560 g/mol. The molecule has 0 saturated carbocycles. The van der Waals surface area contributed by atoms with E-state index >= 15 is 0 Å². The van der Waals surface area contributed by atoms with Gasteiger partial charge in [0.2, 0.25) is 0 Å². The summed E-state index contributed by atoms with van der Waals surface area (Å²) in [7, 11) is 0. The second kappa shape index (κ2) is 9.69. The molecule has 0 spiro atoms. The number of hydrogen-bond donors (Lipinski definition) is 0. The number of benzene rings is 8. The Labute approximate surface area is 255 Å². The minimum Gasteiger partial charge on any atom is -0.455 e. The van der Waals surface area contributed by atoms with Crippen molar-refractivity contribution >= 4 is 54.3 Å². The van der Waals surface area contributed by atoms with Crippen LogP contribution in [0.15, 0.2) is 156 Å². The van der Waals surface area contributed by atoms with Crippen molar-refractivity contribution in [2.75, 3.05) is 0 Å². The van der Waals surface area contributed by atoms with Gasteiger partial charge in [-0.25, -0.2) is 0 Å². The standard InChI is InChI=1S/C43H28O/c1-27-22-31(28-12-4-2-5-13-28)25-40-41-26-32(29-14-6-3-7-15-29)24-38(43(41)44-42(27)40)30-20-21-37-35-18-9-8-16-33(35)34-17-10-11-19-36(34)39(37)23-30/h2-26H,1H3. The molecule has 44 heavy (non-hydrogen) atoms. The summed E-state index contributed by atoms with van der Waals surface area (Å²) in [5.41, 5.74) is 10.1. The SMILES string of the molecule is Cc1cc(-c2ccccc2)cc2c1oc1c(-c3ccc4c5ccccc5c5ccccc5c4c3)cc(-c3ccccc3)cc12. The predicted octanol–water partition coefficient (Wildman–Crippen LogP) is 12.4. The van der Waals surface area contributed by atoms with Gasteiger partial charge in [0.25, 0.3) is 0 Å². The number of hydrogen-bond acceptors (Lipinski definition) is 1. The molecule has 0 aliphatic heterocycles. The molecule has 1 aromatic heterocycles. The van der Waals surface area contributed by atoms with Crippen molar-refractivity contribution in [2.24, 2.45) is 0 Å². The van der Waals surface area contributed by atoms with Crippen LogP contribution in [0.5, 0.6) is 0 Å². The van der Waals surface area contributed by atoms with Crippen LogP contribution >= 0.6 is 0 Å². The van der Waals surface area contributed by atoms with E-state index in [-0.39, 0.29) is 0 Å². The highest BCUT2D eigenvalue weighted by Gasteiger charge is 2.18. The van der Waals surface area contributed by atoms with E-state index in [2.05, 4.69) is 159 Å². The predicted molar refractivity (Wildman–Crippen MR) is 187 cm³/mol. The molecule has 0 N–H and O–H groups in total. The van der Waals surface area contributed by atoms with Crippen molar-refractivity contribution in [3.63, 3.8) is 0 Å². The number of fused-ring (bicyclic) bond motifs is 9. The molecular formula is C43H28O. The normalized spacial score (nSPS) is 11.8. The molecule has 0 aliphatic carbocycles. The first-order valence-corrected chi connectivity index (χ1v) is 15.2. The lowest BCUT2D eigenvalue weighted by Gasteiger charge is -2.13. The molecule has 0 unspecified atom stereocenters. The van der Waals surface area contributed by atoms with Gasteiger partial charge in [-0.15, -0.1) is 0 Å². The van der Waals surface area contributed by atoms with Crippen molar-refractivity contribution in [1.29, 1.82) is 0 Å². The fourth-order valence-electron chi connectivity index (χ4n) is 7.03. The Balaban J connectivity index is 1.37. The highest BCUT2D eigenvalue weighted by atomic mass is 16.3. The fraction of sp³-hybridized carbons (Fsp3) is 0.0233. The van der Waals surface area contributed by atoms with Crippen molar-refractivity contribution in [1.82, 2.24) is 0 Å². The summed E-state index contributed by atoms with van der Waals surface area (Å²) in [6, 6.07) is 54.9. The molecule has 0 amide bonds. The van der Waals surface area contributed by atoms with Crippen LogP contribution in [0, 0.1) is 6.92 Å². The van der Waals surface area contributed by atoms with E-state index in [0.29, 0.717) is 0 Å². The average molecular weight is 561 g/mol. The molecule has 1 nitrogen and oxygen atoms in total. The summed E-state index contributed by atoms with van der Waals surface area (Å²) < 4.78 is 6.82. The zero-order chi connectivity index (χ0) is 29.2. The van der Waals surface area contributed by atoms with E-state index in [4.69, 9.17) is 4.42 Å². The molecule has 206 valence electrons. The molecule has 9 aromatic rings. The van der Waals surface area contributed by atoms with E-state index in [1.807, 2.05) is 0 Å². The van der Waals surface area contributed by atoms with Crippen LogP contribution in [0.3, 0.4) is 0 Å². The molecule has 1 heterocycles. The Bertz CT molecular complexity index is 2500. The van der Waals surface area contributed by atoms with Gasteiger partial charge in [-0.1, -0.05) is 121 Å². The van der Waals surface area contributed by atoms with Gasteiger partial charge < -0.3 is 4.42 Å². The van der Waals surface area contributed by atoms with E-state index in [1.54, 1.807) is 0 Å². The molecule has 8 aromatic carbocycles. The molecule has 9 rings (SSSR count). The minimum absolute atomic E-state index is 0.928. The summed E-state index contributed by atoms with van der Waals surface area (Å²) in [4.78, 5) is 0. The third kappa shape index (κ3) is 3.80. The highest BCUT2D eigenvalue weighted by Crippen LogP contribution is 2.43. The molecular weight excluding hydrogens is 532 g/mol. The first-order chi connectivity index (χ1) is 21.7. The topological polar surface area (TPSA) is 13.1 Å². The number of furan rings is 1. The van der Waals surface area contributed by atoms with Crippen LogP contribution < -0.4 is 0 Å². The third-order valence-corrected chi connectivity index (χ3v) is 9.13. The Hall–Kier alpha value is -5.66. The quantitative estimate of drug-likeness (QED) is 0.196. The van der Waals surface area contributed by atoms with E-state index in [0.717, 1.165) is 38.6 Å². The molecule has 0 bridgehead atoms. The Kier molecular flexibility index (Phi) is 5.48. The van der Waals surface area contributed by atoms with Gasteiger partial charge in [0.05, 0.1) is 0 Å². The van der Waals surface area contributed by atoms with E-state index < -0.39 is 0 Å². The van der Waals surface area contributed by atoms with Gasteiger partial charge >= 0.3 is 0 Å². The second-order valence-electron chi connectivity index (χ2n) is 11.8. The van der Waals surface area contributed by atoms with E-state index in [9.17, 15) is 0 Å². The summed E-state index contributed by atoms with van der Waals surface area (Å²) in [6.45, 7) is 2.15. The zero-order valence-corrected chi connectivity index (χ0v) is 24.3. The largest absolute Gasteiger partial charge is 0.455 e. The van der Waals surface area contributed by atoms with Gasteiger partial charge in [-0.05, 0) is 103 Å². The summed E-state index contributed by atoms with van der Waals surface area (Å²) in [5.74, 6) is 0. The highest BCUT2D eigenvalue weighted by molar-refractivity contribution is 6.26. The lowest BCUT2D eigenvalue weighted by atomic mass is 9.90. The molecule has 0 radical (unpaired) electrons. The van der Waals surface area contributed by atoms with Crippen LogP contribution in [-0.2, 0) is 0 Å². The maximum Gasteiger partial charge on any atom is 0.143 e. The Morgan fingerprint density at radius 3 is 1.36 bits per heavy atom. The Morgan fingerprint density at radius 1 is 0.318 bits per heavy atom. The maximum atomic E-state index is 6.82. The summed E-state index contributed by atoms with van der Waals surface area (Å²) >= 11 is 0. The van der Waals surface area contributed by atoms with Crippen LogP contribution in [-0.4, -0.2) is 0 Å². The van der Waals surface area contributed by atoms with Crippen molar-refractivity contribution in [3.05, 3.63) is 157 Å². The van der Waals surface area contributed by atoms with Gasteiger partial charge in [0, 0.05) is 16.3 Å². The van der Waals surface area contributed by atoms with Gasteiger partial charge in [-0.3, -0.25) is 0 Å². The minimum atomic E-state index is 0.928. The van der Waals surface area contributed by atoms with Gasteiger partial charge in [0.15, 0.2) is 0 Å². The van der Waals surface area contributed by atoms with Gasteiger partial charge in [-0.2, -0.15) is 0 Å². The number of rotatable bonds is 3. The van der Waals surface area contributed by atoms with Crippen LogP contribution in [0.1, 0.15) is 5.56 Å². The molecule has 0 saturated heterocycles. The third-order valence-electron chi connectivity index (χ3n) is 9.13. The van der Waals surface area contributed by atoms with Crippen LogP contribution in [0.2, 0.25) is 0 Å². The summed E-state index contributed by atoms with van der Waals surface area (Å²) in [6.07, 6.45) is 0. The van der Waals surface area contributed by atoms with Crippen molar-refractivity contribution < 1.29 is 4.42 Å². The summed E-state index contributed by atoms with van der Waals surface area (Å²) in [5, 5.41) is 9.94. The van der Waals surface area contributed by atoms with Gasteiger partial charge in [0.1, 0.15) is 11.2 Å². The molecule has 0 fully saturated rings. The molecule has 1 heteroatoms. The van der Waals surface area contributed by atoms with Crippen molar-refractivity contribution in [2.45, 2.75) is 6.92 Å². The fourth-order valence-corrected chi connectivity index (χ4v) is 7.03.